The van der Waals surface area contributed by atoms with Crippen LogP contribution in [0.2, 0.25) is 0 Å². The van der Waals surface area contributed by atoms with Gasteiger partial charge >= 0.3 is 5.97 Å². The van der Waals surface area contributed by atoms with E-state index in [1.807, 2.05) is 39.8 Å². The van der Waals surface area contributed by atoms with Crippen LogP contribution < -0.4 is 0 Å². The third-order valence-electron chi connectivity index (χ3n) is 3.73. The van der Waals surface area contributed by atoms with Gasteiger partial charge in [0.2, 0.25) is 0 Å². The van der Waals surface area contributed by atoms with Crippen molar-refractivity contribution in [3.8, 4) is 11.3 Å². The van der Waals surface area contributed by atoms with Crippen LogP contribution in [0.5, 0.6) is 0 Å². The minimum atomic E-state index is -0.511. The summed E-state index contributed by atoms with van der Waals surface area (Å²) in [5, 5.41) is 0. The molecule has 0 atom stereocenters. The van der Waals surface area contributed by atoms with Crippen molar-refractivity contribution in [3.05, 3.63) is 53.2 Å². The molecule has 0 spiro atoms. The fourth-order valence-electron chi connectivity index (χ4n) is 2.42. The van der Waals surface area contributed by atoms with Crippen LogP contribution in [0.25, 0.3) is 11.3 Å². The molecule has 0 saturated carbocycles. The molecule has 128 valence electrons. The van der Waals surface area contributed by atoms with Crippen molar-refractivity contribution < 1.29 is 9.53 Å². The maximum atomic E-state index is 12.3. The summed E-state index contributed by atoms with van der Waals surface area (Å²) in [4.78, 5) is 16.9. The summed E-state index contributed by atoms with van der Waals surface area (Å²) < 4.78 is 5.44. The molecule has 2 aromatic rings. The lowest BCUT2D eigenvalue weighted by molar-refractivity contribution is 0.00683. The lowest BCUT2D eigenvalue weighted by atomic mass is 9.86. The lowest BCUT2D eigenvalue weighted by Crippen LogP contribution is -2.24. The van der Waals surface area contributed by atoms with Gasteiger partial charge in [-0.15, -0.1) is 0 Å². The third-order valence-corrected chi connectivity index (χ3v) is 3.73. The molecule has 0 radical (unpaired) electrons. The van der Waals surface area contributed by atoms with Crippen molar-refractivity contribution in [2.75, 3.05) is 0 Å². The summed E-state index contributed by atoms with van der Waals surface area (Å²) in [6.45, 7) is 14.0. The Morgan fingerprint density at radius 3 is 2.21 bits per heavy atom. The fourth-order valence-corrected chi connectivity index (χ4v) is 2.42. The SMILES string of the molecule is Cc1nc(-c2cccc(C(C)(C)C)c2)ccc1C(=O)OC(C)(C)C. The zero-order valence-corrected chi connectivity index (χ0v) is 15.7. The Morgan fingerprint density at radius 1 is 1.00 bits per heavy atom. The number of rotatable bonds is 2. The second-order valence-corrected chi connectivity index (χ2v) is 8.16. The molecule has 3 nitrogen and oxygen atoms in total. The standard InChI is InChI=1S/C21H27NO2/c1-14-17(19(23)24-21(5,6)7)11-12-18(22-14)15-9-8-10-16(13-15)20(2,3)4/h8-13H,1-7H3. The summed E-state index contributed by atoms with van der Waals surface area (Å²) in [6, 6.07) is 12.1. The summed E-state index contributed by atoms with van der Waals surface area (Å²) in [7, 11) is 0. The number of hydrogen-bond acceptors (Lipinski definition) is 3. The van der Waals surface area contributed by atoms with E-state index in [9.17, 15) is 4.79 Å². The molecule has 0 bridgehead atoms. The van der Waals surface area contributed by atoms with Crippen molar-refractivity contribution >= 4 is 5.97 Å². The molecule has 1 heterocycles. The van der Waals surface area contributed by atoms with E-state index in [0.29, 0.717) is 11.3 Å². The van der Waals surface area contributed by atoms with E-state index in [-0.39, 0.29) is 11.4 Å². The second kappa shape index (κ2) is 6.39. The highest BCUT2D eigenvalue weighted by Gasteiger charge is 2.20. The van der Waals surface area contributed by atoms with Gasteiger partial charge in [-0.25, -0.2) is 4.79 Å². The smallest absolute Gasteiger partial charge is 0.340 e. The largest absolute Gasteiger partial charge is 0.456 e. The van der Waals surface area contributed by atoms with E-state index < -0.39 is 5.60 Å². The predicted octanol–water partition coefficient (Wildman–Crippen LogP) is 5.31. The number of aromatic nitrogens is 1. The van der Waals surface area contributed by atoms with Gasteiger partial charge in [0.15, 0.2) is 0 Å². The van der Waals surface area contributed by atoms with Gasteiger partial charge in [-0.2, -0.15) is 0 Å². The molecule has 3 heteroatoms. The summed E-state index contributed by atoms with van der Waals surface area (Å²) >= 11 is 0. The molecule has 0 saturated heterocycles. The van der Waals surface area contributed by atoms with Crippen LogP contribution in [0, 0.1) is 6.92 Å². The highest BCUT2D eigenvalue weighted by molar-refractivity contribution is 5.91. The average Bonchev–Trinajstić information content (AvgIpc) is 2.44. The van der Waals surface area contributed by atoms with Gasteiger partial charge in [-0.05, 0) is 56.9 Å². The monoisotopic (exact) mass is 325 g/mol. The first-order chi connectivity index (χ1) is 11.0. The van der Waals surface area contributed by atoms with Crippen molar-refractivity contribution in [1.29, 1.82) is 0 Å². The minimum Gasteiger partial charge on any atom is -0.456 e. The van der Waals surface area contributed by atoms with Gasteiger partial charge in [-0.3, -0.25) is 4.98 Å². The van der Waals surface area contributed by atoms with Crippen molar-refractivity contribution in [2.24, 2.45) is 0 Å². The van der Waals surface area contributed by atoms with Crippen LogP contribution in [0.15, 0.2) is 36.4 Å². The number of esters is 1. The minimum absolute atomic E-state index is 0.0848. The molecule has 1 aromatic carbocycles. The molecular formula is C21H27NO2. The first-order valence-corrected chi connectivity index (χ1v) is 8.29. The fraction of sp³-hybridized carbons (Fsp3) is 0.429. The van der Waals surface area contributed by atoms with Crippen LogP contribution in [0.1, 0.15) is 63.2 Å². The molecule has 0 amide bonds. The van der Waals surface area contributed by atoms with Crippen LogP contribution in [-0.4, -0.2) is 16.6 Å². The zero-order valence-electron chi connectivity index (χ0n) is 15.7. The van der Waals surface area contributed by atoms with E-state index in [4.69, 9.17) is 4.74 Å². The zero-order chi connectivity index (χ0) is 18.1. The number of nitrogens with zero attached hydrogens (tertiary/aromatic N) is 1. The normalized spacial score (nSPS) is 12.1. The highest BCUT2D eigenvalue weighted by atomic mass is 16.6. The maximum absolute atomic E-state index is 12.3. The molecular weight excluding hydrogens is 298 g/mol. The Kier molecular flexibility index (Phi) is 4.84. The first kappa shape index (κ1) is 18.2. The number of aryl methyl sites for hydroxylation is 1. The number of pyridine rings is 1. The number of carbonyl (C=O) groups is 1. The number of ether oxygens (including phenoxy) is 1. The quantitative estimate of drug-likeness (QED) is 0.702. The maximum Gasteiger partial charge on any atom is 0.340 e. The highest BCUT2D eigenvalue weighted by Crippen LogP contribution is 2.27. The Bertz CT molecular complexity index is 749. The van der Waals surface area contributed by atoms with Crippen molar-refractivity contribution in [1.82, 2.24) is 4.98 Å². The van der Waals surface area contributed by atoms with Gasteiger partial charge in [0.1, 0.15) is 5.60 Å². The molecule has 2 rings (SSSR count). The molecule has 0 unspecified atom stereocenters. The van der Waals surface area contributed by atoms with Gasteiger partial charge in [0, 0.05) is 5.56 Å². The molecule has 0 aliphatic heterocycles. The van der Waals surface area contributed by atoms with E-state index in [0.717, 1.165) is 11.3 Å². The van der Waals surface area contributed by atoms with Gasteiger partial charge in [0.25, 0.3) is 0 Å². The number of carbonyl (C=O) groups excluding carboxylic acids is 1. The van der Waals surface area contributed by atoms with E-state index >= 15 is 0 Å². The second-order valence-electron chi connectivity index (χ2n) is 8.16. The van der Waals surface area contributed by atoms with Gasteiger partial charge in [-0.1, -0.05) is 39.0 Å². The van der Waals surface area contributed by atoms with Crippen molar-refractivity contribution in [3.63, 3.8) is 0 Å². The Labute approximate surface area is 145 Å². The molecule has 0 fully saturated rings. The first-order valence-electron chi connectivity index (χ1n) is 8.29. The number of benzene rings is 1. The molecule has 0 aliphatic rings. The molecule has 1 aromatic heterocycles. The van der Waals surface area contributed by atoms with Crippen LogP contribution in [0.4, 0.5) is 0 Å². The Balaban J connectivity index is 2.35. The Morgan fingerprint density at radius 2 is 1.67 bits per heavy atom. The average molecular weight is 325 g/mol. The summed E-state index contributed by atoms with van der Waals surface area (Å²) in [6.07, 6.45) is 0. The van der Waals surface area contributed by atoms with Crippen molar-refractivity contribution in [2.45, 2.75) is 59.5 Å². The van der Waals surface area contributed by atoms with E-state index in [1.165, 1.54) is 5.56 Å². The molecule has 0 aliphatic carbocycles. The lowest BCUT2D eigenvalue weighted by Gasteiger charge is -2.20. The third kappa shape index (κ3) is 4.44. The van der Waals surface area contributed by atoms with E-state index in [2.05, 4.69) is 44.0 Å². The summed E-state index contributed by atoms with van der Waals surface area (Å²) in [5.74, 6) is -0.331. The summed E-state index contributed by atoms with van der Waals surface area (Å²) in [5.41, 5.74) is 3.96. The van der Waals surface area contributed by atoms with Crippen LogP contribution in [-0.2, 0) is 10.2 Å². The Hall–Kier alpha value is -2.16. The predicted molar refractivity (Wildman–Crippen MR) is 98.3 cm³/mol. The van der Waals surface area contributed by atoms with E-state index in [1.54, 1.807) is 6.07 Å². The van der Waals surface area contributed by atoms with Gasteiger partial charge < -0.3 is 4.74 Å². The molecule has 24 heavy (non-hydrogen) atoms. The topological polar surface area (TPSA) is 39.2 Å². The number of hydrogen-bond donors (Lipinski definition) is 0. The van der Waals surface area contributed by atoms with Crippen LogP contribution in [0.3, 0.4) is 0 Å². The molecule has 0 N–H and O–H groups in total. The van der Waals surface area contributed by atoms with Crippen LogP contribution >= 0.6 is 0 Å². The van der Waals surface area contributed by atoms with Gasteiger partial charge in [0.05, 0.1) is 17.0 Å².